The molecule has 0 atom stereocenters. The van der Waals surface area contributed by atoms with E-state index in [4.69, 9.17) is 15.9 Å². The molecular weight excluding hydrogens is 318 g/mol. The van der Waals surface area contributed by atoms with Crippen LogP contribution in [0.1, 0.15) is 0 Å². The van der Waals surface area contributed by atoms with Gasteiger partial charge in [-0.3, -0.25) is 0 Å². The molecule has 0 aliphatic heterocycles. The minimum atomic E-state index is -1.75. The summed E-state index contributed by atoms with van der Waals surface area (Å²) in [5.41, 5.74) is 0. The van der Waals surface area contributed by atoms with Crippen LogP contribution >= 0.6 is 0 Å². The van der Waals surface area contributed by atoms with Crippen LogP contribution in [-0.4, -0.2) is 123 Å². The second-order valence-corrected chi connectivity index (χ2v) is 0.577. The first-order chi connectivity index (χ1) is 2.83. The molecule has 17 heavy (non-hydrogen) atoms. The molecular formula is H20Al2CaO14. The van der Waals surface area contributed by atoms with Gasteiger partial charge in [-0.15, -0.1) is 0 Å². The molecule has 0 spiro atoms. The summed E-state index contributed by atoms with van der Waals surface area (Å²) in [7, 11) is 0. The minimum absolute atomic E-state index is 0. The number of hydrogen-bond acceptors (Lipinski definition) is 4. The monoisotopic (exact) mass is 338 g/mol. The van der Waals surface area contributed by atoms with E-state index in [0.29, 0.717) is 0 Å². The van der Waals surface area contributed by atoms with Crippen LogP contribution in [0.25, 0.3) is 0 Å². The Hall–Kier alpha value is 1.12. The summed E-state index contributed by atoms with van der Waals surface area (Å²) in [6.07, 6.45) is 0. The van der Waals surface area contributed by atoms with E-state index < -0.39 is 31.0 Å². The van der Waals surface area contributed by atoms with Crippen LogP contribution in [0.4, 0.5) is 0 Å². The topological polar surface area (TPSA) is 395 Å². The first kappa shape index (κ1) is 202. The molecule has 20 N–H and O–H groups in total. The maximum atomic E-state index is 8.46. The van der Waals surface area contributed by atoms with Crippen molar-refractivity contribution in [1.29, 1.82) is 0 Å². The molecule has 0 saturated carbocycles. The molecule has 0 aliphatic rings. The molecule has 112 valence electrons. The second kappa shape index (κ2) is 456. The van der Waals surface area contributed by atoms with E-state index in [2.05, 4.69) is 0 Å². The van der Waals surface area contributed by atoms with E-state index in [-0.39, 0.29) is 92.5 Å². The molecule has 0 aromatic rings. The van der Waals surface area contributed by atoms with Gasteiger partial charge in [-0.05, 0) is 0 Å². The summed E-state index contributed by atoms with van der Waals surface area (Å²) >= 11 is -3.50. The van der Waals surface area contributed by atoms with Crippen molar-refractivity contribution < 1.29 is 70.7 Å². The fourth-order valence-electron chi connectivity index (χ4n) is 0. The predicted molar refractivity (Wildman–Crippen MR) is 54.8 cm³/mol. The molecule has 0 aromatic carbocycles. The van der Waals surface area contributed by atoms with Crippen molar-refractivity contribution in [3.8, 4) is 0 Å². The van der Waals surface area contributed by atoms with Crippen LogP contribution in [0.3, 0.4) is 0 Å². The van der Waals surface area contributed by atoms with E-state index >= 15 is 0 Å². The molecule has 0 heterocycles. The van der Waals surface area contributed by atoms with E-state index in [9.17, 15) is 0 Å². The van der Waals surface area contributed by atoms with Crippen LogP contribution in [0.5, 0.6) is 0 Å². The van der Waals surface area contributed by atoms with Crippen LogP contribution in [0.15, 0.2) is 0 Å². The Labute approximate surface area is 138 Å². The third-order valence-corrected chi connectivity index (χ3v) is 0. The summed E-state index contributed by atoms with van der Waals surface area (Å²) in [5, 5.41) is 0. The quantitative estimate of drug-likeness (QED) is 0.387. The third kappa shape index (κ3) is 3100. The van der Waals surface area contributed by atoms with Gasteiger partial charge in [-0.2, -0.15) is 0 Å². The zero-order valence-corrected chi connectivity index (χ0v) is 13.0. The van der Waals surface area contributed by atoms with Gasteiger partial charge in [-0.1, -0.05) is 0 Å². The first-order valence-electron chi connectivity index (χ1n) is 0.943. The van der Waals surface area contributed by atoms with Crippen LogP contribution in [0, 0.1) is 0 Å². The van der Waals surface area contributed by atoms with Crippen LogP contribution < -0.4 is 8.32 Å². The van der Waals surface area contributed by atoms with Crippen LogP contribution in [-0.2, 0) is 7.61 Å². The van der Waals surface area contributed by atoms with Crippen LogP contribution in [0.2, 0.25) is 0 Å². The van der Waals surface area contributed by atoms with Crippen molar-refractivity contribution in [2.75, 3.05) is 0 Å². The van der Waals surface area contributed by atoms with Gasteiger partial charge < -0.3 is 54.8 Å². The van der Waals surface area contributed by atoms with Gasteiger partial charge in [0.15, 0.2) is 0 Å². The van der Waals surface area contributed by atoms with Crippen molar-refractivity contribution in [3.05, 3.63) is 0 Å². The first-order valence-corrected chi connectivity index (χ1v) is 2.83. The number of rotatable bonds is 0. The Morgan fingerprint density at radius 3 is 0.471 bits per heavy atom. The third-order valence-electron chi connectivity index (χ3n) is 0. The number of hydrogen-bond donors (Lipinski definition) is 0. The van der Waals surface area contributed by atoms with Crippen molar-refractivity contribution in [1.82, 2.24) is 0 Å². The van der Waals surface area contributed by atoms with Gasteiger partial charge in [0, 0.05) is 0 Å². The zero-order chi connectivity index (χ0) is 5.41. The molecule has 0 radical (unpaired) electrons. The van der Waals surface area contributed by atoms with Crippen molar-refractivity contribution >= 4 is 68.7 Å². The molecule has 0 aromatic heterocycles. The predicted octanol–water partition coefficient (Wildman–Crippen LogP) is -12.0. The summed E-state index contributed by atoms with van der Waals surface area (Å²) in [4.78, 5) is 0. The average molecular weight is 338 g/mol. The summed E-state index contributed by atoms with van der Waals surface area (Å²) in [5.74, 6) is 0. The van der Waals surface area contributed by atoms with Crippen molar-refractivity contribution in [2.45, 2.75) is 0 Å². The van der Waals surface area contributed by atoms with E-state index in [1.165, 1.54) is 0 Å². The summed E-state index contributed by atoms with van der Waals surface area (Å²) in [6.45, 7) is 0. The Kier molecular flexibility index (Phi) is 5430. The molecule has 0 fully saturated rings. The normalized spacial score (nSPS) is 0.941. The average Bonchev–Trinajstić information content (AvgIpc) is 1.39. The van der Waals surface area contributed by atoms with Gasteiger partial charge in [0.25, 0.3) is 0 Å². The van der Waals surface area contributed by atoms with Gasteiger partial charge in [0.05, 0.1) is 0 Å². The Morgan fingerprint density at radius 2 is 0.471 bits per heavy atom. The molecule has 0 saturated heterocycles. The van der Waals surface area contributed by atoms with Crippen molar-refractivity contribution in [3.63, 3.8) is 0 Å². The molecule has 0 aliphatic carbocycles. The van der Waals surface area contributed by atoms with Gasteiger partial charge in [0.2, 0.25) is 0 Å². The van der Waals surface area contributed by atoms with E-state index in [1.807, 2.05) is 0 Å². The molecule has 0 amide bonds. The molecule has 0 unspecified atom stereocenters. The fourth-order valence-corrected chi connectivity index (χ4v) is 0. The second-order valence-electron chi connectivity index (χ2n) is 0.192. The molecule has 0 rings (SSSR count). The fraction of sp³-hybridized carbons (Fsp3) is 0. The molecule has 14 nitrogen and oxygen atoms in total. The standard InChI is InChI=1S/2Al.Ca.10H2O.4O/h;;;10*1H2;;;;/q;;+2;;;;;;;;;;;;;2*-1. The zero-order valence-electron chi connectivity index (χ0n) is 8.49. The maximum absolute atomic E-state index is 8.46. The summed E-state index contributed by atoms with van der Waals surface area (Å²) < 4.78 is 33.8. The SMILES string of the molecule is O.O.O.O.O.O.O.O.O.O.[Ca+2].[O]=[Al][O-].[O]=[Al][O-]. The molecule has 0 bridgehead atoms. The Morgan fingerprint density at radius 1 is 0.471 bits per heavy atom. The van der Waals surface area contributed by atoms with E-state index in [0.717, 1.165) is 0 Å². The Balaban J connectivity index is -0.00000000104. The Bertz CT molecular complexity index is 35.2. The van der Waals surface area contributed by atoms with Gasteiger partial charge in [-0.25, -0.2) is 0 Å². The van der Waals surface area contributed by atoms with Gasteiger partial charge >= 0.3 is 84.6 Å². The molecule has 17 heteroatoms. The van der Waals surface area contributed by atoms with Crippen molar-refractivity contribution in [2.24, 2.45) is 0 Å². The summed E-state index contributed by atoms with van der Waals surface area (Å²) in [6, 6.07) is 0. The van der Waals surface area contributed by atoms with Gasteiger partial charge in [0.1, 0.15) is 0 Å². The van der Waals surface area contributed by atoms with E-state index in [1.54, 1.807) is 0 Å².